The van der Waals surface area contributed by atoms with Crippen molar-refractivity contribution in [1.82, 2.24) is 10.3 Å². The van der Waals surface area contributed by atoms with Crippen molar-refractivity contribution in [2.45, 2.75) is 0 Å². The van der Waals surface area contributed by atoms with Gasteiger partial charge in [-0.15, -0.1) is 0 Å². The average molecular weight is 578 g/mol. The first-order valence-electron chi connectivity index (χ1n) is 8.53. The molecular formula is C21H13BrIN3O2S. The van der Waals surface area contributed by atoms with Gasteiger partial charge in [-0.05, 0) is 99.3 Å². The second-order valence-electron chi connectivity index (χ2n) is 6.10. The van der Waals surface area contributed by atoms with Crippen LogP contribution in [0.5, 0.6) is 0 Å². The van der Waals surface area contributed by atoms with E-state index in [0.29, 0.717) is 28.2 Å². The van der Waals surface area contributed by atoms with Crippen molar-refractivity contribution in [3.8, 4) is 11.5 Å². The lowest BCUT2D eigenvalue weighted by molar-refractivity contribution is 0.0977. The Bertz CT molecular complexity index is 1230. The lowest BCUT2D eigenvalue weighted by Gasteiger charge is -2.09. The Kier molecular flexibility index (Phi) is 5.93. The summed E-state index contributed by atoms with van der Waals surface area (Å²) < 4.78 is 7.90. The van der Waals surface area contributed by atoms with Crippen LogP contribution in [0.1, 0.15) is 10.4 Å². The minimum Gasteiger partial charge on any atom is -0.436 e. The second kappa shape index (κ2) is 8.60. The number of anilines is 1. The first kappa shape index (κ1) is 20.0. The summed E-state index contributed by atoms with van der Waals surface area (Å²) in [5, 5.41) is 5.89. The first-order chi connectivity index (χ1) is 14.0. The molecule has 0 saturated heterocycles. The third kappa shape index (κ3) is 4.65. The van der Waals surface area contributed by atoms with Crippen LogP contribution in [0, 0.1) is 3.57 Å². The van der Waals surface area contributed by atoms with Crippen LogP contribution in [0.4, 0.5) is 5.69 Å². The fourth-order valence-electron chi connectivity index (χ4n) is 2.71. The summed E-state index contributed by atoms with van der Waals surface area (Å²) in [7, 11) is 0. The molecule has 0 saturated carbocycles. The van der Waals surface area contributed by atoms with Crippen molar-refractivity contribution in [2.24, 2.45) is 0 Å². The number of nitrogens with zero attached hydrogens (tertiary/aromatic N) is 1. The minimum absolute atomic E-state index is 0.210. The van der Waals surface area contributed by atoms with E-state index in [1.54, 1.807) is 24.3 Å². The molecule has 0 spiro atoms. The molecule has 0 unspecified atom stereocenters. The summed E-state index contributed by atoms with van der Waals surface area (Å²) in [5.41, 5.74) is 3.48. The molecule has 4 rings (SSSR count). The zero-order valence-corrected chi connectivity index (χ0v) is 19.3. The highest BCUT2D eigenvalue weighted by Gasteiger charge is 2.13. The van der Waals surface area contributed by atoms with E-state index in [2.05, 4.69) is 54.1 Å². The van der Waals surface area contributed by atoms with Crippen LogP contribution < -0.4 is 10.6 Å². The van der Waals surface area contributed by atoms with Crippen LogP contribution in [-0.4, -0.2) is 16.0 Å². The Labute approximate surface area is 194 Å². The van der Waals surface area contributed by atoms with Gasteiger partial charge in [0.15, 0.2) is 10.7 Å². The Hall–Kier alpha value is -2.30. The van der Waals surface area contributed by atoms with Gasteiger partial charge in [-0.1, -0.05) is 18.2 Å². The molecule has 0 atom stereocenters. The molecule has 1 aromatic heterocycles. The number of thiocarbonyl (C=S) groups is 1. The van der Waals surface area contributed by atoms with Gasteiger partial charge in [-0.3, -0.25) is 10.1 Å². The number of benzene rings is 3. The van der Waals surface area contributed by atoms with Gasteiger partial charge in [0.2, 0.25) is 5.89 Å². The number of fused-ring (bicyclic) bond motifs is 1. The van der Waals surface area contributed by atoms with Gasteiger partial charge >= 0.3 is 0 Å². The Morgan fingerprint density at radius 2 is 1.86 bits per heavy atom. The van der Waals surface area contributed by atoms with E-state index in [-0.39, 0.29) is 11.0 Å². The molecule has 0 fully saturated rings. The van der Waals surface area contributed by atoms with E-state index in [1.165, 1.54) is 0 Å². The topological polar surface area (TPSA) is 67.2 Å². The minimum atomic E-state index is -0.267. The molecule has 4 aromatic rings. The summed E-state index contributed by atoms with van der Waals surface area (Å²) in [5.74, 6) is 0.263. The number of carbonyl (C=O) groups excluding carboxylic acids is 1. The van der Waals surface area contributed by atoms with Crippen molar-refractivity contribution in [3.63, 3.8) is 0 Å². The van der Waals surface area contributed by atoms with Gasteiger partial charge < -0.3 is 9.73 Å². The average Bonchev–Trinajstić information content (AvgIpc) is 3.13. The Morgan fingerprint density at radius 3 is 2.66 bits per heavy atom. The summed E-state index contributed by atoms with van der Waals surface area (Å²) in [6.45, 7) is 0. The standard InChI is InChI=1S/C21H13BrIN3O2S/c22-16-8-6-13(23)10-15(16)20-25-17-11-14(7-9-18(17)28-20)24-21(29)26-19(27)12-4-2-1-3-5-12/h1-11H,(H2,24,26,27,29). The normalized spacial score (nSPS) is 10.7. The van der Waals surface area contributed by atoms with Gasteiger partial charge in [0.25, 0.3) is 5.91 Å². The monoisotopic (exact) mass is 577 g/mol. The molecule has 0 aliphatic carbocycles. The number of rotatable bonds is 3. The van der Waals surface area contributed by atoms with Crippen LogP contribution >= 0.6 is 50.7 Å². The van der Waals surface area contributed by atoms with Gasteiger partial charge in [-0.25, -0.2) is 4.98 Å². The molecule has 0 aliphatic rings. The Balaban J connectivity index is 1.52. The third-order valence-corrected chi connectivity index (χ3v) is 5.63. The van der Waals surface area contributed by atoms with E-state index in [9.17, 15) is 4.79 Å². The van der Waals surface area contributed by atoms with Gasteiger partial charge in [0.05, 0.1) is 5.56 Å². The summed E-state index contributed by atoms with van der Waals surface area (Å²) in [6.07, 6.45) is 0. The number of carbonyl (C=O) groups is 1. The lowest BCUT2D eigenvalue weighted by Crippen LogP contribution is -2.34. The molecule has 2 N–H and O–H groups in total. The molecule has 144 valence electrons. The molecule has 1 heterocycles. The maximum atomic E-state index is 12.2. The Morgan fingerprint density at radius 1 is 1.07 bits per heavy atom. The predicted octanol–water partition coefficient (Wildman–Crippen LogP) is 5.99. The van der Waals surface area contributed by atoms with Gasteiger partial charge in [0, 0.05) is 19.3 Å². The molecule has 5 nitrogen and oxygen atoms in total. The van der Waals surface area contributed by atoms with Crippen LogP contribution in [0.15, 0.2) is 75.6 Å². The highest BCUT2D eigenvalue weighted by molar-refractivity contribution is 14.1. The smallest absolute Gasteiger partial charge is 0.257 e. The van der Waals surface area contributed by atoms with Crippen LogP contribution in [0.25, 0.3) is 22.6 Å². The van der Waals surface area contributed by atoms with E-state index >= 15 is 0 Å². The molecule has 0 bridgehead atoms. The van der Waals surface area contributed by atoms with Gasteiger partial charge in [-0.2, -0.15) is 0 Å². The van der Waals surface area contributed by atoms with Crippen molar-refractivity contribution >= 4 is 78.5 Å². The largest absolute Gasteiger partial charge is 0.436 e. The van der Waals surface area contributed by atoms with Gasteiger partial charge in [0.1, 0.15) is 5.52 Å². The number of nitrogens with one attached hydrogen (secondary N) is 2. The van der Waals surface area contributed by atoms with Crippen molar-refractivity contribution < 1.29 is 9.21 Å². The molecule has 3 aromatic carbocycles. The van der Waals surface area contributed by atoms with Crippen LogP contribution in [0.3, 0.4) is 0 Å². The van der Waals surface area contributed by atoms with E-state index in [4.69, 9.17) is 16.6 Å². The van der Waals surface area contributed by atoms with Crippen LogP contribution in [-0.2, 0) is 0 Å². The maximum absolute atomic E-state index is 12.2. The molecule has 8 heteroatoms. The molecular weight excluding hydrogens is 565 g/mol. The molecule has 0 radical (unpaired) electrons. The quantitative estimate of drug-likeness (QED) is 0.231. The van der Waals surface area contributed by atoms with E-state index < -0.39 is 0 Å². The first-order valence-corrected chi connectivity index (χ1v) is 10.8. The van der Waals surface area contributed by atoms with Crippen molar-refractivity contribution in [1.29, 1.82) is 0 Å². The molecule has 29 heavy (non-hydrogen) atoms. The zero-order chi connectivity index (χ0) is 20.4. The van der Waals surface area contributed by atoms with E-state index in [1.807, 2.05) is 42.5 Å². The predicted molar refractivity (Wildman–Crippen MR) is 130 cm³/mol. The highest BCUT2D eigenvalue weighted by Crippen LogP contribution is 2.32. The summed E-state index contributed by atoms with van der Waals surface area (Å²) in [6, 6.07) is 20.3. The summed E-state index contributed by atoms with van der Waals surface area (Å²) in [4.78, 5) is 16.8. The lowest BCUT2D eigenvalue weighted by atomic mass is 10.2. The number of aromatic nitrogens is 1. The second-order valence-corrected chi connectivity index (χ2v) is 8.61. The van der Waals surface area contributed by atoms with E-state index in [0.717, 1.165) is 13.6 Å². The fraction of sp³-hybridized carbons (Fsp3) is 0. The fourth-order valence-corrected chi connectivity index (χ4v) is 3.83. The number of hydrogen-bond acceptors (Lipinski definition) is 4. The molecule has 1 amide bonds. The number of halogens is 2. The number of oxazole rings is 1. The third-order valence-electron chi connectivity index (χ3n) is 4.07. The van der Waals surface area contributed by atoms with Crippen molar-refractivity contribution in [2.75, 3.05) is 5.32 Å². The van der Waals surface area contributed by atoms with Crippen molar-refractivity contribution in [3.05, 3.63) is 80.3 Å². The van der Waals surface area contributed by atoms with Crippen LogP contribution in [0.2, 0.25) is 0 Å². The highest BCUT2D eigenvalue weighted by atomic mass is 127. The SMILES string of the molecule is O=C(NC(=S)Nc1ccc2oc(-c3cc(I)ccc3Br)nc2c1)c1ccccc1. The summed E-state index contributed by atoms with van der Waals surface area (Å²) >= 11 is 11.0. The number of hydrogen-bond donors (Lipinski definition) is 2. The maximum Gasteiger partial charge on any atom is 0.257 e. The molecule has 0 aliphatic heterocycles. The zero-order valence-electron chi connectivity index (χ0n) is 14.8. The number of amides is 1.